The Morgan fingerprint density at radius 3 is 2.46 bits per heavy atom. The summed E-state index contributed by atoms with van der Waals surface area (Å²) in [5, 5.41) is 14.0. The molecule has 0 radical (unpaired) electrons. The zero-order valence-electron chi connectivity index (χ0n) is 19.4. The van der Waals surface area contributed by atoms with Gasteiger partial charge in [-0.1, -0.05) is 48.5 Å². The number of fused-ring (bicyclic) bond motifs is 2. The molecule has 1 aliphatic rings. The molecule has 3 aromatic heterocycles. The van der Waals surface area contributed by atoms with Crippen molar-refractivity contribution in [2.45, 2.75) is 32.4 Å². The highest BCUT2D eigenvalue weighted by atomic mass is 16.5. The second kappa shape index (κ2) is 8.72. The Labute approximate surface area is 202 Å². The van der Waals surface area contributed by atoms with Gasteiger partial charge in [0.1, 0.15) is 11.8 Å². The summed E-state index contributed by atoms with van der Waals surface area (Å²) in [5.41, 5.74) is 5.03. The van der Waals surface area contributed by atoms with Crippen LogP contribution in [0.1, 0.15) is 34.7 Å². The molecule has 0 amide bonds. The van der Waals surface area contributed by atoms with Crippen molar-refractivity contribution in [2.24, 2.45) is 0 Å². The smallest absolute Gasteiger partial charge is 0.230 e. The van der Waals surface area contributed by atoms with Crippen LogP contribution in [0, 0.1) is 12.3 Å². The minimum absolute atomic E-state index is 0.200. The van der Waals surface area contributed by atoms with Crippen LogP contribution in [0.25, 0.3) is 5.69 Å². The topological polar surface area (TPSA) is 86.5 Å². The maximum Gasteiger partial charge on any atom is 0.230 e. The number of ether oxygens (including phenoxy) is 1. The van der Waals surface area contributed by atoms with Crippen molar-refractivity contribution >= 4 is 0 Å². The lowest BCUT2D eigenvalue weighted by Gasteiger charge is -2.27. The molecule has 1 N–H and O–H groups in total. The van der Waals surface area contributed by atoms with E-state index in [4.69, 9.17) is 15.2 Å². The molecule has 0 aliphatic carbocycles. The number of aromatic nitrogens is 6. The summed E-state index contributed by atoms with van der Waals surface area (Å²) in [4.78, 5) is 8.78. The Bertz CT molecular complexity index is 1520. The molecule has 8 heteroatoms. The van der Waals surface area contributed by atoms with E-state index < -0.39 is 0 Å². The number of nitrogens with one attached hydrogen (secondary N) is 1. The molecular formula is C27H25N7O. The predicted molar refractivity (Wildman–Crippen MR) is 131 cm³/mol. The predicted octanol–water partition coefficient (Wildman–Crippen LogP) is 4.43. The number of para-hydroxylation sites is 1. The molecule has 0 saturated heterocycles. The number of aryl methyl sites for hydroxylation is 3. The van der Waals surface area contributed by atoms with Gasteiger partial charge in [-0.25, -0.2) is 14.6 Å². The van der Waals surface area contributed by atoms with Crippen LogP contribution in [0.15, 0.2) is 85.7 Å². The first-order valence-electron chi connectivity index (χ1n) is 11.7. The highest BCUT2D eigenvalue weighted by Gasteiger charge is 2.37. The van der Waals surface area contributed by atoms with Gasteiger partial charge in [0, 0.05) is 25.5 Å². The maximum atomic E-state index is 9.14. The quantitative estimate of drug-likeness (QED) is 0.396. The SMILES string of the molecule is Cc1nn(-c2ccccc2)c2c1C(c1ccccc1)c1c(ncn(CCCn3ccnc3)c1=N)O2. The van der Waals surface area contributed by atoms with Crippen LogP contribution in [-0.4, -0.2) is 28.9 Å². The largest absolute Gasteiger partial charge is 0.420 e. The van der Waals surface area contributed by atoms with Crippen LogP contribution in [0.4, 0.5) is 0 Å². The van der Waals surface area contributed by atoms with Crippen molar-refractivity contribution < 1.29 is 4.74 Å². The van der Waals surface area contributed by atoms with Gasteiger partial charge in [0.25, 0.3) is 0 Å². The fourth-order valence-electron chi connectivity index (χ4n) is 4.77. The van der Waals surface area contributed by atoms with E-state index in [9.17, 15) is 0 Å². The van der Waals surface area contributed by atoms with Crippen LogP contribution >= 0.6 is 0 Å². The summed E-state index contributed by atoms with van der Waals surface area (Å²) in [6.07, 6.45) is 8.11. The molecule has 0 fully saturated rings. The van der Waals surface area contributed by atoms with Crippen LogP contribution in [0.3, 0.4) is 0 Å². The van der Waals surface area contributed by atoms with E-state index in [0.29, 0.717) is 23.8 Å². The summed E-state index contributed by atoms with van der Waals surface area (Å²) in [7, 11) is 0. The molecule has 0 spiro atoms. The van der Waals surface area contributed by atoms with E-state index in [1.165, 1.54) is 0 Å². The standard InChI is InChI=1S/C27H25N7O/c1-19-22-23(20-9-4-2-5-10-20)24-25(28)33(15-8-14-32-16-13-29-17-32)18-30-26(24)35-27(22)34(31-19)21-11-6-3-7-12-21/h2-7,9-13,16-18,23,28H,8,14-15H2,1H3. The molecule has 174 valence electrons. The highest BCUT2D eigenvalue weighted by molar-refractivity contribution is 5.57. The molecule has 0 bridgehead atoms. The van der Waals surface area contributed by atoms with Gasteiger partial charge in [-0.2, -0.15) is 5.10 Å². The van der Waals surface area contributed by atoms with Crippen molar-refractivity contribution in [1.29, 1.82) is 5.41 Å². The summed E-state index contributed by atoms with van der Waals surface area (Å²) in [6.45, 7) is 3.50. The Kier molecular flexibility index (Phi) is 5.25. The lowest BCUT2D eigenvalue weighted by molar-refractivity contribution is 0.393. The van der Waals surface area contributed by atoms with Gasteiger partial charge in [0.2, 0.25) is 11.8 Å². The summed E-state index contributed by atoms with van der Waals surface area (Å²) < 4.78 is 12.2. The number of rotatable bonds is 6. The average Bonchev–Trinajstić information content (AvgIpc) is 3.53. The fraction of sp³-hybridized carbons (Fsp3) is 0.185. The number of benzene rings is 2. The molecule has 0 saturated carbocycles. The van der Waals surface area contributed by atoms with Crippen molar-refractivity contribution in [3.05, 3.63) is 114 Å². The third-order valence-electron chi connectivity index (χ3n) is 6.43. The van der Waals surface area contributed by atoms with E-state index >= 15 is 0 Å². The molecular weight excluding hydrogens is 438 g/mol. The first-order chi connectivity index (χ1) is 17.2. The lowest BCUT2D eigenvalue weighted by Crippen LogP contribution is -2.30. The fourth-order valence-corrected chi connectivity index (χ4v) is 4.77. The monoisotopic (exact) mass is 463 g/mol. The Morgan fingerprint density at radius 2 is 1.71 bits per heavy atom. The average molecular weight is 464 g/mol. The molecule has 8 nitrogen and oxygen atoms in total. The van der Waals surface area contributed by atoms with Crippen molar-refractivity contribution in [2.75, 3.05) is 0 Å². The number of hydrogen-bond acceptors (Lipinski definition) is 5. The minimum atomic E-state index is -0.200. The van der Waals surface area contributed by atoms with E-state index in [2.05, 4.69) is 22.1 Å². The van der Waals surface area contributed by atoms with Gasteiger partial charge in [0.15, 0.2) is 0 Å². The number of nitrogens with zero attached hydrogens (tertiary/aromatic N) is 6. The van der Waals surface area contributed by atoms with Gasteiger partial charge in [-0.3, -0.25) is 5.41 Å². The molecule has 1 atom stereocenters. The van der Waals surface area contributed by atoms with Crippen LogP contribution in [-0.2, 0) is 13.1 Å². The molecule has 35 heavy (non-hydrogen) atoms. The van der Waals surface area contributed by atoms with E-state index in [1.54, 1.807) is 12.5 Å². The molecule has 6 rings (SSSR count). The molecule has 5 aromatic rings. The highest BCUT2D eigenvalue weighted by Crippen LogP contribution is 2.47. The normalized spacial score (nSPS) is 14.3. The lowest BCUT2D eigenvalue weighted by atomic mass is 9.84. The minimum Gasteiger partial charge on any atom is -0.420 e. The number of imidazole rings is 1. The van der Waals surface area contributed by atoms with Gasteiger partial charge in [-0.05, 0) is 31.0 Å². The molecule has 4 heterocycles. The van der Waals surface area contributed by atoms with Crippen LogP contribution in [0.5, 0.6) is 11.8 Å². The van der Waals surface area contributed by atoms with Gasteiger partial charge in [0.05, 0.1) is 34.8 Å². The molecule has 1 aliphatic heterocycles. The molecule has 1 unspecified atom stereocenters. The zero-order valence-corrected chi connectivity index (χ0v) is 19.4. The zero-order chi connectivity index (χ0) is 23.8. The third-order valence-corrected chi connectivity index (χ3v) is 6.43. The first-order valence-corrected chi connectivity index (χ1v) is 11.7. The van der Waals surface area contributed by atoms with Crippen molar-refractivity contribution in [3.8, 4) is 17.4 Å². The van der Waals surface area contributed by atoms with E-state index in [-0.39, 0.29) is 5.92 Å². The van der Waals surface area contributed by atoms with Crippen molar-refractivity contribution in [3.63, 3.8) is 0 Å². The van der Waals surface area contributed by atoms with Crippen LogP contribution in [0.2, 0.25) is 0 Å². The third kappa shape index (κ3) is 3.73. The van der Waals surface area contributed by atoms with Crippen LogP contribution < -0.4 is 10.2 Å². The summed E-state index contributed by atoms with van der Waals surface area (Å²) in [6, 6.07) is 20.2. The van der Waals surface area contributed by atoms with Gasteiger partial charge in [-0.15, -0.1) is 0 Å². The summed E-state index contributed by atoms with van der Waals surface area (Å²) >= 11 is 0. The maximum absolute atomic E-state index is 9.14. The molecule has 2 aromatic carbocycles. The second-order valence-corrected chi connectivity index (χ2v) is 8.66. The van der Waals surface area contributed by atoms with E-state index in [0.717, 1.165) is 41.0 Å². The second-order valence-electron chi connectivity index (χ2n) is 8.66. The summed E-state index contributed by atoms with van der Waals surface area (Å²) in [5.74, 6) is 0.910. The number of hydrogen-bond donors (Lipinski definition) is 1. The first kappa shape index (κ1) is 21.1. The Hall–Kier alpha value is -4.46. The van der Waals surface area contributed by atoms with Gasteiger partial charge >= 0.3 is 0 Å². The Balaban J connectivity index is 1.46. The van der Waals surface area contributed by atoms with Gasteiger partial charge < -0.3 is 13.9 Å². The Morgan fingerprint density at radius 1 is 0.943 bits per heavy atom. The van der Waals surface area contributed by atoms with Crippen molar-refractivity contribution in [1.82, 2.24) is 28.9 Å². The van der Waals surface area contributed by atoms with E-state index in [1.807, 2.05) is 81.8 Å².